The van der Waals surface area contributed by atoms with Crippen LogP contribution < -0.4 is 4.74 Å². The molecule has 2 nitrogen and oxygen atoms in total. The summed E-state index contributed by atoms with van der Waals surface area (Å²) in [5.74, 6) is 0.535. The molecule has 0 fully saturated rings. The Labute approximate surface area is 144 Å². The Kier molecular flexibility index (Phi) is 8.02. The van der Waals surface area contributed by atoms with Crippen LogP contribution in [-0.2, 0) is 6.61 Å². The number of benzene rings is 2. The van der Waals surface area contributed by atoms with E-state index in [1.54, 1.807) is 6.07 Å². The lowest BCUT2D eigenvalue weighted by molar-refractivity contribution is 0.305. The average Bonchev–Trinajstić information content (AvgIpc) is 2.60. The standard InChI is InChI=1S/C21H26FNO/c1-2-3-4-5-6-14-23-16-18-10-12-21(13-11-18)24-17-19-8-7-9-20(22)15-19/h7-13,15-16H,2-6,14,17H2,1H3. The predicted molar refractivity (Wildman–Crippen MR) is 98.4 cm³/mol. The van der Waals surface area contributed by atoms with Gasteiger partial charge in [0.05, 0.1) is 0 Å². The summed E-state index contributed by atoms with van der Waals surface area (Å²) in [7, 11) is 0. The van der Waals surface area contributed by atoms with Gasteiger partial charge in [0.15, 0.2) is 0 Å². The van der Waals surface area contributed by atoms with E-state index in [-0.39, 0.29) is 5.82 Å². The molecule has 0 spiro atoms. The molecule has 0 radical (unpaired) electrons. The third-order valence-electron chi connectivity index (χ3n) is 3.81. The van der Waals surface area contributed by atoms with E-state index in [1.165, 1.54) is 37.8 Å². The first-order valence-corrected chi connectivity index (χ1v) is 8.75. The van der Waals surface area contributed by atoms with Crippen LogP contribution in [0.4, 0.5) is 4.39 Å². The summed E-state index contributed by atoms with van der Waals surface area (Å²) < 4.78 is 18.8. The molecular formula is C21H26FNO. The molecule has 0 amide bonds. The van der Waals surface area contributed by atoms with Crippen LogP contribution in [-0.4, -0.2) is 12.8 Å². The molecule has 3 heteroatoms. The Bertz CT molecular complexity index is 622. The number of aliphatic imine (C=N–C) groups is 1. The fourth-order valence-electron chi connectivity index (χ4n) is 2.42. The van der Waals surface area contributed by atoms with E-state index in [0.717, 1.165) is 29.8 Å². The summed E-state index contributed by atoms with van der Waals surface area (Å²) in [5.41, 5.74) is 1.89. The first kappa shape index (κ1) is 18.2. The maximum Gasteiger partial charge on any atom is 0.123 e. The Morgan fingerprint density at radius 1 is 1.00 bits per heavy atom. The zero-order valence-electron chi connectivity index (χ0n) is 14.4. The highest BCUT2D eigenvalue weighted by molar-refractivity contribution is 5.79. The van der Waals surface area contributed by atoms with E-state index in [1.807, 2.05) is 36.5 Å². The summed E-state index contributed by atoms with van der Waals surface area (Å²) in [6.45, 7) is 3.48. The van der Waals surface area contributed by atoms with Crippen LogP contribution in [0.25, 0.3) is 0 Å². The number of ether oxygens (including phenoxy) is 1. The largest absolute Gasteiger partial charge is 0.489 e. The van der Waals surface area contributed by atoms with E-state index in [4.69, 9.17) is 4.74 Å². The highest BCUT2D eigenvalue weighted by Crippen LogP contribution is 2.14. The number of unbranched alkanes of at least 4 members (excludes halogenated alkanes) is 4. The van der Waals surface area contributed by atoms with Gasteiger partial charge in [-0.25, -0.2) is 4.39 Å². The molecule has 0 atom stereocenters. The van der Waals surface area contributed by atoms with E-state index in [9.17, 15) is 4.39 Å². The molecule has 0 aliphatic rings. The zero-order valence-corrected chi connectivity index (χ0v) is 14.4. The lowest BCUT2D eigenvalue weighted by Crippen LogP contribution is -1.96. The SMILES string of the molecule is CCCCCCCN=Cc1ccc(OCc2cccc(F)c2)cc1. The van der Waals surface area contributed by atoms with Crippen LogP contribution in [0.1, 0.15) is 50.2 Å². The summed E-state index contributed by atoms with van der Waals surface area (Å²) in [6, 6.07) is 14.3. The third-order valence-corrected chi connectivity index (χ3v) is 3.81. The normalized spacial score (nSPS) is 11.1. The first-order valence-electron chi connectivity index (χ1n) is 8.75. The van der Waals surface area contributed by atoms with Gasteiger partial charge in [-0.15, -0.1) is 0 Å². The van der Waals surface area contributed by atoms with Crippen LogP contribution in [0.3, 0.4) is 0 Å². The van der Waals surface area contributed by atoms with Crippen molar-refractivity contribution in [3.63, 3.8) is 0 Å². The summed E-state index contributed by atoms with van der Waals surface area (Å²) in [6.07, 6.45) is 8.24. The molecule has 2 rings (SSSR count). The van der Waals surface area contributed by atoms with Gasteiger partial charge in [-0.3, -0.25) is 4.99 Å². The van der Waals surface area contributed by atoms with Crippen LogP contribution in [0.5, 0.6) is 5.75 Å². The summed E-state index contributed by atoms with van der Waals surface area (Å²) in [4.78, 5) is 4.46. The molecule has 0 bridgehead atoms. The quantitative estimate of drug-likeness (QED) is 0.399. The van der Waals surface area contributed by atoms with Gasteiger partial charge in [0.25, 0.3) is 0 Å². The van der Waals surface area contributed by atoms with Gasteiger partial charge in [-0.1, -0.05) is 44.7 Å². The number of hydrogen-bond acceptors (Lipinski definition) is 2. The molecule has 0 aromatic heterocycles. The zero-order chi connectivity index (χ0) is 17.0. The molecule has 128 valence electrons. The van der Waals surface area contributed by atoms with E-state index >= 15 is 0 Å². The van der Waals surface area contributed by atoms with Gasteiger partial charge in [0, 0.05) is 12.8 Å². The van der Waals surface area contributed by atoms with E-state index < -0.39 is 0 Å². The maximum atomic E-state index is 13.1. The summed E-state index contributed by atoms with van der Waals surface area (Å²) >= 11 is 0. The van der Waals surface area contributed by atoms with Crippen molar-refractivity contribution in [1.82, 2.24) is 0 Å². The molecule has 0 unspecified atom stereocenters. The average molecular weight is 327 g/mol. The lowest BCUT2D eigenvalue weighted by atomic mass is 10.1. The second-order valence-electron chi connectivity index (χ2n) is 5.94. The molecular weight excluding hydrogens is 301 g/mol. The molecule has 2 aromatic carbocycles. The highest BCUT2D eigenvalue weighted by atomic mass is 19.1. The van der Waals surface area contributed by atoms with Crippen LogP contribution >= 0.6 is 0 Å². The number of halogens is 1. The Morgan fingerprint density at radius 2 is 1.79 bits per heavy atom. The minimum Gasteiger partial charge on any atom is -0.489 e. The molecule has 0 aliphatic carbocycles. The van der Waals surface area contributed by atoms with Crippen molar-refractivity contribution in [2.45, 2.75) is 45.6 Å². The fourth-order valence-corrected chi connectivity index (χ4v) is 2.42. The van der Waals surface area contributed by atoms with Gasteiger partial charge < -0.3 is 4.74 Å². The minimum atomic E-state index is -0.239. The molecule has 0 N–H and O–H groups in total. The van der Waals surface area contributed by atoms with Crippen molar-refractivity contribution in [3.05, 3.63) is 65.5 Å². The molecule has 0 heterocycles. The fraction of sp³-hybridized carbons (Fsp3) is 0.381. The number of hydrogen-bond donors (Lipinski definition) is 0. The monoisotopic (exact) mass is 327 g/mol. The van der Waals surface area contributed by atoms with Crippen LogP contribution in [0, 0.1) is 5.82 Å². The Hall–Kier alpha value is -2.16. The smallest absolute Gasteiger partial charge is 0.123 e. The Balaban J connectivity index is 1.72. The molecule has 2 aromatic rings. The van der Waals surface area contributed by atoms with Crippen molar-refractivity contribution in [1.29, 1.82) is 0 Å². The van der Waals surface area contributed by atoms with Crippen molar-refractivity contribution in [2.24, 2.45) is 4.99 Å². The van der Waals surface area contributed by atoms with Crippen molar-refractivity contribution >= 4 is 6.21 Å². The second-order valence-corrected chi connectivity index (χ2v) is 5.94. The second kappa shape index (κ2) is 10.6. The molecule has 0 saturated heterocycles. The van der Waals surface area contributed by atoms with Gasteiger partial charge in [-0.05, 0) is 53.9 Å². The van der Waals surface area contributed by atoms with Crippen molar-refractivity contribution in [2.75, 3.05) is 6.54 Å². The van der Waals surface area contributed by atoms with Gasteiger partial charge in [0.1, 0.15) is 18.2 Å². The van der Waals surface area contributed by atoms with Crippen LogP contribution in [0.2, 0.25) is 0 Å². The predicted octanol–water partition coefficient (Wildman–Crippen LogP) is 5.79. The van der Waals surface area contributed by atoms with Crippen LogP contribution in [0.15, 0.2) is 53.5 Å². The lowest BCUT2D eigenvalue weighted by Gasteiger charge is -2.06. The molecule has 0 aliphatic heterocycles. The maximum absolute atomic E-state index is 13.1. The first-order chi connectivity index (χ1) is 11.8. The minimum absolute atomic E-state index is 0.239. The van der Waals surface area contributed by atoms with Crippen molar-refractivity contribution in [3.8, 4) is 5.75 Å². The number of rotatable bonds is 10. The topological polar surface area (TPSA) is 21.6 Å². The van der Waals surface area contributed by atoms with Gasteiger partial charge >= 0.3 is 0 Å². The summed E-state index contributed by atoms with van der Waals surface area (Å²) in [5, 5.41) is 0. The third kappa shape index (κ3) is 6.95. The van der Waals surface area contributed by atoms with Gasteiger partial charge in [-0.2, -0.15) is 0 Å². The molecule has 0 saturated carbocycles. The highest BCUT2D eigenvalue weighted by Gasteiger charge is 1.98. The van der Waals surface area contributed by atoms with E-state index in [2.05, 4.69) is 11.9 Å². The Morgan fingerprint density at radius 3 is 2.54 bits per heavy atom. The molecule has 24 heavy (non-hydrogen) atoms. The van der Waals surface area contributed by atoms with Crippen molar-refractivity contribution < 1.29 is 9.13 Å². The van der Waals surface area contributed by atoms with Gasteiger partial charge in [0.2, 0.25) is 0 Å². The number of nitrogens with zero attached hydrogens (tertiary/aromatic N) is 1. The van der Waals surface area contributed by atoms with E-state index in [0.29, 0.717) is 6.61 Å².